The smallest absolute Gasteiger partial charge is 0.405 e. The SMILES string of the molecule is CC1(C)OB(B2OC(C)(C)C(C)(c3ccccc3)O2)OC1(C)c1ccccc1. The Morgan fingerprint density at radius 2 is 0.821 bits per heavy atom. The van der Waals surface area contributed by atoms with E-state index in [-0.39, 0.29) is 0 Å². The van der Waals surface area contributed by atoms with Crippen LogP contribution in [-0.4, -0.2) is 25.2 Å². The summed E-state index contributed by atoms with van der Waals surface area (Å²) in [7, 11) is -1.24. The van der Waals surface area contributed by atoms with Gasteiger partial charge in [-0.1, -0.05) is 60.7 Å². The van der Waals surface area contributed by atoms with Crippen LogP contribution in [0.4, 0.5) is 0 Å². The van der Waals surface area contributed by atoms with E-state index in [1.165, 1.54) is 0 Å². The van der Waals surface area contributed by atoms with E-state index in [1.54, 1.807) is 0 Å². The zero-order valence-corrected chi connectivity index (χ0v) is 17.6. The molecule has 146 valence electrons. The van der Waals surface area contributed by atoms with Crippen LogP contribution < -0.4 is 0 Å². The highest BCUT2D eigenvalue weighted by atomic mass is 16.7. The molecule has 2 saturated heterocycles. The standard InChI is InChI=1S/C22H28B2O4/c1-19(2)21(5,17-13-9-7-10-14-17)27-23(25-19)24-26-20(3,4)22(6,28-24)18-15-11-8-12-16-18/h7-16H,1-6H3. The van der Waals surface area contributed by atoms with Gasteiger partial charge in [0.2, 0.25) is 0 Å². The summed E-state index contributed by atoms with van der Waals surface area (Å²) in [5.41, 5.74) is -0.150. The van der Waals surface area contributed by atoms with Crippen LogP contribution in [-0.2, 0) is 29.8 Å². The van der Waals surface area contributed by atoms with Crippen LogP contribution >= 0.6 is 0 Å². The zero-order chi connectivity index (χ0) is 20.2. The van der Waals surface area contributed by atoms with E-state index in [1.807, 2.05) is 36.4 Å². The largest absolute Gasteiger partial charge is 0.489 e. The molecule has 4 nitrogen and oxygen atoms in total. The Labute approximate surface area is 168 Å². The van der Waals surface area contributed by atoms with Crippen molar-refractivity contribution < 1.29 is 18.6 Å². The third-order valence-electron chi connectivity index (χ3n) is 6.69. The van der Waals surface area contributed by atoms with Crippen LogP contribution in [0.5, 0.6) is 0 Å². The minimum atomic E-state index is -0.620. The fourth-order valence-corrected chi connectivity index (χ4v) is 4.17. The Balaban J connectivity index is 1.63. The minimum absolute atomic E-state index is 0.540. The molecule has 2 fully saturated rings. The molecular weight excluding hydrogens is 350 g/mol. The molecular formula is C22H28B2O4. The third kappa shape index (κ3) is 2.86. The van der Waals surface area contributed by atoms with Gasteiger partial charge in [-0.25, -0.2) is 0 Å². The molecule has 0 N–H and O–H groups in total. The van der Waals surface area contributed by atoms with Gasteiger partial charge in [-0.3, -0.25) is 0 Å². The topological polar surface area (TPSA) is 36.9 Å². The molecule has 28 heavy (non-hydrogen) atoms. The van der Waals surface area contributed by atoms with Gasteiger partial charge in [0.15, 0.2) is 0 Å². The van der Waals surface area contributed by atoms with Crippen molar-refractivity contribution in [3.8, 4) is 0 Å². The van der Waals surface area contributed by atoms with E-state index in [0.717, 1.165) is 11.1 Å². The Hall–Kier alpha value is -1.59. The number of hydrogen-bond acceptors (Lipinski definition) is 4. The van der Waals surface area contributed by atoms with Gasteiger partial charge in [-0.15, -0.1) is 0 Å². The maximum atomic E-state index is 6.48. The lowest BCUT2D eigenvalue weighted by Crippen LogP contribution is -2.42. The van der Waals surface area contributed by atoms with Crippen molar-refractivity contribution in [1.29, 1.82) is 0 Å². The summed E-state index contributed by atoms with van der Waals surface area (Å²) in [6, 6.07) is 20.4. The zero-order valence-electron chi connectivity index (χ0n) is 17.6. The Morgan fingerprint density at radius 1 is 0.500 bits per heavy atom. The summed E-state index contributed by atoms with van der Waals surface area (Å²) < 4.78 is 25.7. The van der Waals surface area contributed by atoms with Gasteiger partial charge in [0.05, 0.1) is 11.2 Å². The van der Waals surface area contributed by atoms with Crippen LogP contribution in [0.15, 0.2) is 60.7 Å². The van der Waals surface area contributed by atoms with Gasteiger partial charge in [0.25, 0.3) is 0 Å². The average molecular weight is 378 g/mol. The quantitative estimate of drug-likeness (QED) is 0.736. The van der Waals surface area contributed by atoms with Crippen molar-refractivity contribution in [1.82, 2.24) is 0 Å². The van der Waals surface area contributed by atoms with E-state index < -0.39 is 36.4 Å². The normalized spacial score (nSPS) is 31.4. The van der Waals surface area contributed by atoms with Crippen molar-refractivity contribution in [2.75, 3.05) is 0 Å². The lowest BCUT2D eigenvalue weighted by atomic mass is 9.49. The first-order valence-corrected chi connectivity index (χ1v) is 9.91. The third-order valence-corrected chi connectivity index (χ3v) is 6.69. The monoisotopic (exact) mass is 378 g/mol. The second kappa shape index (κ2) is 6.46. The highest BCUT2D eigenvalue weighted by molar-refractivity contribution is 7.11. The van der Waals surface area contributed by atoms with Crippen LogP contribution in [0.2, 0.25) is 0 Å². The first-order chi connectivity index (χ1) is 13.1. The number of hydrogen-bond donors (Lipinski definition) is 0. The molecule has 2 aromatic carbocycles. The lowest BCUT2D eigenvalue weighted by Gasteiger charge is -2.37. The molecule has 0 aromatic heterocycles. The summed E-state index contributed by atoms with van der Waals surface area (Å²) in [6.45, 7) is 12.3. The van der Waals surface area contributed by atoms with Crippen molar-refractivity contribution in [2.45, 2.75) is 63.9 Å². The summed E-state index contributed by atoms with van der Waals surface area (Å²) in [5.74, 6) is 0. The summed E-state index contributed by atoms with van der Waals surface area (Å²) in [6.07, 6.45) is 0. The summed E-state index contributed by atoms with van der Waals surface area (Å²) >= 11 is 0. The second-order valence-electron chi connectivity index (χ2n) is 9.03. The van der Waals surface area contributed by atoms with Crippen molar-refractivity contribution in [3.63, 3.8) is 0 Å². The predicted molar refractivity (Wildman–Crippen MR) is 112 cm³/mol. The molecule has 2 heterocycles. The fourth-order valence-electron chi connectivity index (χ4n) is 4.17. The molecule has 0 saturated carbocycles. The van der Waals surface area contributed by atoms with Gasteiger partial charge < -0.3 is 18.6 Å². The Bertz CT molecular complexity index is 771. The van der Waals surface area contributed by atoms with Gasteiger partial charge in [0.1, 0.15) is 11.2 Å². The minimum Gasteiger partial charge on any atom is -0.405 e. The predicted octanol–water partition coefficient (Wildman–Crippen LogP) is 4.52. The molecule has 4 rings (SSSR count). The molecule has 0 amide bonds. The number of rotatable bonds is 3. The average Bonchev–Trinajstić information content (AvgIpc) is 3.07. The van der Waals surface area contributed by atoms with E-state index in [2.05, 4.69) is 65.8 Å². The second-order valence-corrected chi connectivity index (χ2v) is 9.03. The van der Waals surface area contributed by atoms with Crippen LogP contribution in [0.25, 0.3) is 0 Å². The van der Waals surface area contributed by atoms with Crippen molar-refractivity contribution >= 4 is 14.0 Å². The molecule has 2 aliphatic rings. The molecule has 2 atom stereocenters. The van der Waals surface area contributed by atoms with Crippen LogP contribution in [0.3, 0.4) is 0 Å². The van der Waals surface area contributed by atoms with Crippen LogP contribution in [0, 0.1) is 0 Å². The molecule has 0 spiro atoms. The Kier molecular flexibility index (Phi) is 4.55. The van der Waals surface area contributed by atoms with E-state index in [4.69, 9.17) is 18.6 Å². The molecule has 0 bridgehead atoms. The summed E-state index contributed by atoms with van der Waals surface area (Å²) in [4.78, 5) is 0. The van der Waals surface area contributed by atoms with E-state index in [0.29, 0.717) is 0 Å². The molecule has 6 heteroatoms. The van der Waals surface area contributed by atoms with Crippen molar-refractivity contribution in [2.24, 2.45) is 0 Å². The highest BCUT2D eigenvalue weighted by Crippen LogP contribution is 2.50. The highest BCUT2D eigenvalue weighted by Gasteiger charge is 2.66. The van der Waals surface area contributed by atoms with Gasteiger partial charge >= 0.3 is 14.0 Å². The first kappa shape index (κ1) is 19.7. The maximum Gasteiger partial charge on any atom is 0.489 e. The molecule has 0 aliphatic carbocycles. The summed E-state index contributed by atoms with van der Waals surface area (Å²) in [5, 5.41) is 0. The van der Waals surface area contributed by atoms with Crippen molar-refractivity contribution in [3.05, 3.63) is 71.8 Å². The van der Waals surface area contributed by atoms with Gasteiger partial charge in [-0.2, -0.15) is 0 Å². The fraction of sp³-hybridized carbons (Fsp3) is 0.455. The number of benzene rings is 2. The van der Waals surface area contributed by atoms with Gasteiger partial charge in [0, 0.05) is 0 Å². The maximum absolute atomic E-state index is 6.48. The molecule has 0 radical (unpaired) electrons. The molecule has 2 aliphatic heterocycles. The van der Waals surface area contributed by atoms with E-state index >= 15 is 0 Å². The van der Waals surface area contributed by atoms with E-state index in [9.17, 15) is 0 Å². The Morgan fingerprint density at radius 3 is 1.14 bits per heavy atom. The van der Waals surface area contributed by atoms with Gasteiger partial charge in [-0.05, 0) is 52.7 Å². The first-order valence-electron chi connectivity index (χ1n) is 9.91. The molecule has 2 aromatic rings. The van der Waals surface area contributed by atoms with Crippen LogP contribution in [0.1, 0.15) is 52.7 Å². The lowest BCUT2D eigenvalue weighted by molar-refractivity contribution is -0.0133. The molecule has 2 unspecified atom stereocenters.